The molecule has 0 saturated carbocycles. The highest BCUT2D eigenvalue weighted by Gasteiger charge is 2.22. The van der Waals surface area contributed by atoms with Gasteiger partial charge in [0.05, 0.1) is 19.3 Å². The number of amides is 2. The van der Waals surface area contributed by atoms with E-state index in [-0.39, 0.29) is 18.4 Å². The molecule has 1 atom stereocenters. The molecule has 0 spiro atoms. The minimum atomic E-state index is -0.663. The van der Waals surface area contributed by atoms with Crippen LogP contribution in [0.1, 0.15) is 17.2 Å². The van der Waals surface area contributed by atoms with Gasteiger partial charge in [0.15, 0.2) is 0 Å². The molecule has 0 aliphatic rings. The maximum atomic E-state index is 12.8. The number of hydrogen-bond acceptors (Lipinski definition) is 4. The minimum absolute atomic E-state index is 0.0361. The number of methoxy groups -OCH3 is 1. The zero-order valence-corrected chi connectivity index (χ0v) is 14.6. The molecule has 0 heterocycles. The third-order valence-electron chi connectivity index (χ3n) is 3.75. The third-order valence-corrected chi connectivity index (χ3v) is 3.75. The summed E-state index contributed by atoms with van der Waals surface area (Å²) in [5, 5.41) is 8.41. The van der Waals surface area contributed by atoms with E-state index in [1.807, 2.05) is 49.4 Å². The van der Waals surface area contributed by atoms with Crippen LogP contribution in [-0.2, 0) is 9.59 Å². The molecule has 6 nitrogen and oxygen atoms in total. The predicted octanol–water partition coefficient (Wildman–Crippen LogP) is 2.02. The molecule has 0 aliphatic heterocycles. The summed E-state index contributed by atoms with van der Waals surface area (Å²) in [5.74, 6) is 0.123. The number of nitrogens with one attached hydrogen (secondary N) is 3. The second-order valence-corrected chi connectivity index (χ2v) is 5.59. The molecule has 0 unspecified atom stereocenters. The van der Waals surface area contributed by atoms with E-state index in [0.29, 0.717) is 11.4 Å². The van der Waals surface area contributed by atoms with Gasteiger partial charge in [-0.1, -0.05) is 36.4 Å². The number of rotatable bonds is 7. The van der Waals surface area contributed by atoms with Crippen molar-refractivity contribution in [3.05, 3.63) is 59.7 Å². The first-order valence-corrected chi connectivity index (χ1v) is 7.99. The smallest absolute Gasteiger partial charge is 0.246 e. The van der Waals surface area contributed by atoms with Gasteiger partial charge in [-0.2, -0.15) is 0 Å². The molecule has 0 fully saturated rings. The molecule has 2 aromatic carbocycles. The molecule has 3 N–H and O–H groups in total. The molecule has 0 bridgehead atoms. The van der Waals surface area contributed by atoms with Gasteiger partial charge < -0.3 is 15.4 Å². The van der Waals surface area contributed by atoms with Crippen LogP contribution < -0.4 is 20.7 Å². The molecule has 0 radical (unpaired) electrons. The number of benzene rings is 2. The second-order valence-electron chi connectivity index (χ2n) is 5.59. The number of ether oxygens (including phenoxy) is 1. The number of aryl methyl sites for hydroxylation is 1. The summed E-state index contributed by atoms with van der Waals surface area (Å²) in [6.45, 7) is 1.97. The second kappa shape index (κ2) is 8.84. The topological polar surface area (TPSA) is 79.5 Å². The SMILES string of the molecule is CNC(=O)CN[C@@H](C(=O)Nc1cc(C)ccc1OC)c1ccccc1. The Morgan fingerprint density at radius 3 is 2.48 bits per heavy atom. The van der Waals surface area contributed by atoms with Crippen LogP contribution in [0.25, 0.3) is 0 Å². The Morgan fingerprint density at radius 2 is 1.84 bits per heavy atom. The Hall–Kier alpha value is -2.86. The van der Waals surface area contributed by atoms with Gasteiger partial charge in [0.2, 0.25) is 11.8 Å². The van der Waals surface area contributed by atoms with E-state index in [1.54, 1.807) is 20.2 Å². The summed E-state index contributed by atoms with van der Waals surface area (Å²) in [6, 6.07) is 14.2. The van der Waals surface area contributed by atoms with Gasteiger partial charge in [-0.3, -0.25) is 14.9 Å². The van der Waals surface area contributed by atoms with Crippen molar-refractivity contribution < 1.29 is 14.3 Å². The van der Waals surface area contributed by atoms with Crippen LogP contribution in [-0.4, -0.2) is 32.5 Å². The average Bonchev–Trinajstić information content (AvgIpc) is 2.62. The van der Waals surface area contributed by atoms with Crippen LogP contribution in [0.15, 0.2) is 48.5 Å². The summed E-state index contributed by atoms with van der Waals surface area (Å²) in [5.41, 5.74) is 2.37. The van der Waals surface area contributed by atoms with Crippen LogP contribution in [0.3, 0.4) is 0 Å². The summed E-state index contributed by atoms with van der Waals surface area (Å²) in [6.07, 6.45) is 0. The van der Waals surface area contributed by atoms with E-state index in [4.69, 9.17) is 4.74 Å². The molecule has 0 saturated heterocycles. The molecule has 0 aromatic heterocycles. The van der Waals surface area contributed by atoms with Gasteiger partial charge in [-0.05, 0) is 30.2 Å². The zero-order valence-electron chi connectivity index (χ0n) is 14.6. The Morgan fingerprint density at radius 1 is 1.12 bits per heavy atom. The Kier molecular flexibility index (Phi) is 6.54. The van der Waals surface area contributed by atoms with Gasteiger partial charge in [0.1, 0.15) is 11.8 Å². The van der Waals surface area contributed by atoms with Crippen LogP contribution in [0.5, 0.6) is 5.75 Å². The summed E-state index contributed by atoms with van der Waals surface area (Å²) in [7, 11) is 3.11. The third kappa shape index (κ3) is 5.06. The van der Waals surface area contributed by atoms with Crippen LogP contribution in [0, 0.1) is 6.92 Å². The van der Waals surface area contributed by atoms with Gasteiger partial charge in [-0.25, -0.2) is 0 Å². The largest absolute Gasteiger partial charge is 0.495 e. The van der Waals surface area contributed by atoms with E-state index >= 15 is 0 Å². The Labute approximate surface area is 147 Å². The fourth-order valence-corrected chi connectivity index (χ4v) is 2.41. The highest BCUT2D eigenvalue weighted by molar-refractivity contribution is 5.97. The number of likely N-dealkylation sites (N-methyl/N-ethyl adjacent to an activating group) is 1. The number of carbonyl (C=O) groups excluding carboxylic acids is 2. The van der Waals surface area contributed by atoms with Gasteiger partial charge in [0.25, 0.3) is 0 Å². The molecule has 2 aromatic rings. The fraction of sp³-hybridized carbons (Fsp3) is 0.263. The van der Waals surface area contributed by atoms with Crippen molar-refractivity contribution >= 4 is 17.5 Å². The molecule has 2 amide bonds. The standard InChI is InChI=1S/C19H23N3O3/c1-13-9-10-16(25-3)15(11-13)22-19(24)18(21-12-17(23)20-2)14-7-5-4-6-8-14/h4-11,18,21H,12H2,1-3H3,(H,20,23)(H,22,24)/t18-/m1/s1. The molecule has 132 valence electrons. The van der Waals surface area contributed by atoms with Crippen molar-refractivity contribution in [2.45, 2.75) is 13.0 Å². The van der Waals surface area contributed by atoms with E-state index in [2.05, 4.69) is 16.0 Å². The van der Waals surface area contributed by atoms with Crippen molar-refractivity contribution in [3.63, 3.8) is 0 Å². The lowest BCUT2D eigenvalue weighted by Gasteiger charge is -2.19. The molecule has 2 rings (SSSR count). The van der Waals surface area contributed by atoms with Crippen LogP contribution in [0.4, 0.5) is 5.69 Å². The Bertz CT molecular complexity index is 732. The lowest BCUT2D eigenvalue weighted by molar-refractivity contribution is -0.120. The quantitative estimate of drug-likeness (QED) is 0.720. The van der Waals surface area contributed by atoms with Crippen molar-refractivity contribution in [1.29, 1.82) is 0 Å². The van der Waals surface area contributed by atoms with Gasteiger partial charge >= 0.3 is 0 Å². The summed E-state index contributed by atoms with van der Waals surface area (Å²) in [4.78, 5) is 24.4. The van der Waals surface area contributed by atoms with Crippen LogP contribution in [0.2, 0.25) is 0 Å². The van der Waals surface area contributed by atoms with Gasteiger partial charge in [-0.15, -0.1) is 0 Å². The van der Waals surface area contributed by atoms with Crippen LogP contribution >= 0.6 is 0 Å². The molecule has 25 heavy (non-hydrogen) atoms. The summed E-state index contributed by atoms with van der Waals surface area (Å²) >= 11 is 0. The van der Waals surface area contributed by atoms with E-state index in [9.17, 15) is 9.59 Å². The number of carbonyl (C=O) groups is 2. The minimum Gasteiger partial charge on any atom is -0.495 e. The first-order valence-electron chi connectivity index (χ1n) is 7.99. The maximum Gasteiger partial charge on any atom is 0.246 e. The normalized spacial score (nSPS) is 11.5. The lowest BCUT2D eigenvalue weighted by Crippen LogP contribution is -2.39. The fourth-order valence-electron chi connectivity index (χ4n) is 2.41. The van der Waals surface area contributed by atoms with Crippen molar-refractivity contribution in [2.75, 3.05) is 26.0 Å². The Balaban J connectivity index is 2.23. The van der Waals surface area contributed by atoms with Gasteiger partial charge in [0, 0.05) is 7.05 Å². The van der Waals surface area contributed by atoms with Crippen molar-refractivity contribution in [1.82, 2.24) is 10.6 Å². The van der Waals surface area contributed by atoms with Crippen molar-refractivity contribution in [2.24, 2.45) is 0 Å². The van der Waals surface area contributed by atoms with E-state index in [1.165, 1.54) is 0 Å². The predicted molar refractivity (Wildman–Crippen MR) is 97.6 cm³/mol. The average molecular weight is 341 g/mol. The number of hydrogen-bond donors (Lipinski definition) is 3. The lowest BCUT2D eigenvalue weighted by atomic mass is 10.1. The molecular weight excluding hydrogens is 318 g/mol. The molecular formula is C19H23N3O3. The highest BCUT2D eigenvalue weighted by Crippen LogP contribution is 2.26. The monoisotopic (exact) mass is 341 g/mol. The van der Waals surface area contributed by atoms with Crippen molar-refractivity contribution in [3.8, 4) is 5.75 Å². The summed E-state index contributed by atoms with van der Waals surface area (Å²) < 4.78 is 5.30. The molecule has 0 aliphatic carbocycles. The van der Waals surface area contributed by atoms with E-state index < -0.39 is 6.04 Å². The first-order chi connectivity index (χ1) is 12.0. The first kappa shape index (κ1) is 18.5. The van der Waals surface area contributed by atoms with E-state index in [0.717, 1.165) is 11.1 Å². The highest BCUT2D eigenvalue weighted by atomic mass is 16.5. The zero-order chi connectivity index (χ0) is 18.2. The molecule has 6 heteroatoms. The number of anilines is 1. The maximum absolute atomic E-state index is 12.8.